The molecule has 9 nitrogen and oxygen atoms in total. The predicted molar refractivity (Wildman–Crippen MR) is 161 cm³/mol. The van der Waals surface area contributed by atoms with Gasteiger partial charge in [-0.15, -0.1) is 0 Å². The van der Waals surface area contributed by atoms with E-state index in [9.17, 15) is 13.8 Å². The van der Waals surface area contributed by atoms with Gasteiger partial charge in [-0.3, -0.25) is 18.7 Å². The molecule has 3 heterocycles. The van der Waals surface area contributed by atoms with Gasteiger partial charge in [-0.05, 0) is 81.4 Å². The fourth-order valence-electron chi connectivity index (χ4n) is 6.33. The fourth-order valence-corrected chi connectivity index (χ4v) is 7.11. The SMILES string of the molecule is CCOc1cc(C(CS(C)=O)N2C(=O)c3cccc(NC4CCN(CC5CCNCC5)CC4)c3C2=O)ccc1OC. The fraction of sp³-hybridized carbons (Fsp3) is 0.548. The van der Waals surface area contributed by atoms with Crippen molar-refractivity contribution < 1.29 is 23.3 Å². The standard InChI is InChI=1S/C31H42N4O5S/c1-4-40-28-18-22(8-9-27(28)39-2)26(20-41(3)38)35-30(36)24-6-5-7-25(29(24)31(35)37)33-23-12-16-34(17-13-23)19-21-10-14-32-15-11-21/h5-9,18,21,23,26,32-33H,4,10-17,19-20H2,1-3H3. The molecular weight excluding hydrogens is 540 g/mol. The number of ether oxygens (including phenoxy) is 2. The third kappa shape index (κ3) is 6.60. The zero-order valence-corrected chi connectivity index (χ0v) is 25.1. The molecule has 0 aromatic heterocycles. The number of rotatable bonds is 11. The first-order valence-electron chi connectivity index (χ1n) is 14.7. The smallest absolute Gasteiger partial charge is 0.264 e. The van der Waals surface area contributed by atoms with Gasteiger partial charge >= 0.3 is 0 Å². The number of benzene rings is 2. The molecule has 2 unspecified atom stereocenters. The van der Waals surface area contributed by atoms with E-state index in [4.69, 9.17) is 9.47 Å². The number of carbonyl (C=O) groups is 2. The molecule has 2 aromatic rings. The maximum Gasteiger partial charge on any atom is 0.264 e. The Labute approximate surface area is 245 Å². The van der Waals surface area contributed by atoms with Gasteiger partial charge in [-0.25, -0.2) is 0 Å². The van der Waals surface area contributed by atoms with E-state index in [0.29, 0.717) is 40.5 Å². The largest absolute Gasteiger partial charge is 0.493 e. The van der Waals surface area contributed by atoms with Crippen LogP contribution in [-0.2, 0) is 10.8 Å². The molecule has 0 radical (unpaired) electrons. The normalized spacial score (nSPS) is 20.1. The number of piperidine rings is 2. The molecule has 3 aliphatic rings. The van der Waals surface area contributed by atoms with Gasteiger partial charge < -0.3 is 25.0 Å². The first-order chi connectivity index (χ1) is 19.9. The highest BCUT2D eigenvalue weighted by Crippen LogP contribution is 2.38. The number of imide groups is 1. The molecule has 3 aliphatic heterocycles. The molecular formula is C31H42N4O5S. The number of methoxy groups -OCH3 is 1. The van der Waals surface area contributed by atoms with Gasteiger partial charge in [0.15, 0.2) is 11.5 Å². The van der Waals surface area contributed by atoms with Crippen molar-refractivity contribution in [2.24, 2.45) is 5.92 Å². The number of likely N-dealkylation sites (tertiary alicyclic amines) is 1. The van der Waals surface area contributed by atoms with Crippen molar-refractivity contribution in [2.75, 3.05) is 63.8 Å². The molecule has 0 spiro atoms. The third-order valence-electron chi connectivity index (χ3n) is 8.45. The zero-order chi connectivity index (χ0) is 28.9. The topological polar surface area (TPSA) is 100 Å². The van der Waals surface area contributed by atoms with Crippen LogP contribution >= 0.6 is 0 Å². The number of hydrogen-bond acceptors (Lipinski definition) is 8. The predicted octanol–water partition coefficient (Wildman–Crippen LogP) is 3.69. The van der Waals surface area contributed by atoms with Crippen molar-refractivity contribution in [3.05, 3.63) is 53.1 Å². The summed E-state index contributed by atoms with van der Waals surface area (Å²) in [4.78, 5) is 31.5. The second-order valence-corrected chi connectivity index (χ2v) is 12.7. The minimum Gasteiger partial charge on any atom is -0.493 e. The van der Waals surface area contributed by atoms with Crippen LogP contribution in [0.5, 0.6) is 11.5 Å². The second-order valence-electron chi connectivity index (χ2n) is 11.2. The van der Waals surface area contributed by atoms with Crippen molar-refractivity contribution in [2.45, 2.75) is 44.7 Å². The quantitative estimate of drug-likeness (QED) is 0.387. The minimum atomic E-state index is -1.26. The van der Waals surface area contributed by atoms with Crippen molar-refractivity contribution in [3.8, 4) is 11.5 Å². The molecule has 0 saturated carbocycles. The summed E-state index contributed by atoms with van der Waals surface area (Å²) in [6.45, 7) is 7.76. The van der Waals surface area contributed by atoms with Gasteiger partial charge in [0.05, 0.1) is 30.9 Å². The number of nitrogens with one attached hydrogen (secondary N) is 2. The van der Waals surface area contributed by atoms with Crippen LogP contribution in [0, 0.1) is 5.92 Å². The van der Waals surface area contributed by atoms with E-state index in [1.165, 1.54) is 17.7 Å². The Morgan fingerprint density at radius 2 is 1.80 bits per heavy atom. The number of hydrogen-bond donors (Lipinski definition) is 2. The first-order valence-corrected chi connectivity index (χ1v) is 16.4. The van der Waals surface area contributed by atoms with E-state index in [-0.39, 0.29) is 23.6 Å². The van der Waals surface area contributed by atoms with Crippen molar-refractivity contribution in [1.82, 2.24) is 15.1 Å². The van der Waals surface area contributed by atoms with E-state index in [0.717, 1.165) is 51.5 Å². The Hall–Kier alpha value is -2.95. The molecule has 10 heteroatoms. The van der Waals surface area contributed by atoms with Gasteiger partial charge in [0.1, 0.15) is 0 Å². The molecule has 2 aromatic carbocycles. The lowest BCUT2D eigenvalue weighted by Crippen LogP contribution is -2.43. The summed E-state index contributed by atoms with van der Waals surface area (Å²) in [6.07, 6.45) is 6.06. The minimum absolute atomic E-state index is 0.127. The number of carbonyl (C=O) groups excluding carboxylic acids is 2. The number of anilines is 1. The summed E-state index contributed by atoms with van der Waals surface area (Å²) in [5.41, 5.74) is 2.16. The van der Waals surface area contributed by atoms with Crippen LogP contribution in [0.15, 0.2) is 36.4 Å². The Bertz CT molecular complexity index is 1270. The highest BCUT2D eigenvalue weighted by Gasteiger charge is 2.43. The molecule has 2 saturated heterocycles. The van der Waals surface area contributed by atoms with Gasteiger partial charge in [0.25, 0.3) is 11.8 Å². The van der Waals surface area contributed by atoms with Crippen molar-refractivity contribution >= 4 is 28.3 Å². The molecule has 5 rings (SSSR count). The van der Waals surface area contributed by atoms with Crippen LogP contribution < -0.4 is 20.1 Å². The lowest BCUT2D eigenvalue weighted by molar-refractivity contribution is 0.0598. The van der Waals surface area contributed by atoms with E-state index >= 15 is 0 Å². The van der Waals surface area contributed by atoms with Crippen LogP contribution in [0.2, 0.25) is 0 Å². The monoisotopic (exact) mass is 582 g/mol. The molecule has 2 amide bonds. The van der Waals surface area contributed by atoms with Gasteiger partial charge in [-0.1, -0.05) is 12.1 Å². The molecule has 2 N–H and O–H groups in total. The molecule has 0 aliphatic carbocycles. The van der Waals surface area contributed by atoms with Crippen LogP contribution in [0.25, 0.3) is 0 Å². The number of fused-ring (bicyclic) bond motifs is 1. The molecule has 2 atom stereocenters. The summed E-state index contributed by atoms with van der Waals surface area (Å²) in [7, 11) is 0.298. The van der Waals surface area contributed by atoms with Crippen LogP contribution in [-0.4, -0.2) is 90.3 Å². The average molecular weight is 583 g/mol. The van der Waals surface area contributed by atoms with Gasteiger partial charge in [-0.2, -0.15) is 0 Å². The number of nitrogens with zero attached hydrogens (tertiary/aromatic N) is 2. The van der Waals surface area contributed by atoms with Crippen molar-refractivity contribution in [3.63, 3.8) is 0 Å². The Morgan fingerprint density at radius 3 is 2.49 bits per heavy atom. The Balaban J connectivity index is 1.33. The second kappa shape index (κ2) is 13.4. The van der Waals surface area contributed by atoms with Gasteiger partial charge in [0.2, 0.25) is 0 Å². The lowest BCUT2D eigenvalue weighted by Gasteiger charge is -2.36. The maximum absolute atomic E-state index is 14.0. The molecule has 2 fully saturated rings. The molecule has 41 heavy (non-hydrogen) atoms. The first kappa shape index (κ1) is 29.5. The zero-order valence-electron chi connectivity index (χ0n) is 24.3. The third-order valence-corrected chi connectivity index (χ3v) is 9.23. The summed E-state index contributed by atoms with van der Waals surface area (Å²) < 4.78 is 23.6. The van der Waals surface area contributed by atoms with E-state index < -0.39 is 16.8 Å². The highest BCUT2D eigenvalue weighted by atomic mass is 32.2. The molecule has 0 bridgehead atoms. The van der Waals surface area contributed by atoms with E-state index in [1.807, 2.05) is 19.1 Å². The van der Waals surface area contributed by atoms with Crippen LogP contribution in [0.1, 0.15) is 64.9 Å². The van der Waals surface area contributed by atoms with Gasteiger partial charge in [0, 0.05) is 54.2 Å². The van der Waals surface area contributed by atoms with E-state index in [1.54, 1.807) is 37.6 Å². The summed E-state index contributed by atoms with van der Waals surface area (Å²) in [5, 5.41) is 7.05. The highest BCUT2D eigenvalue weighted by molar-refractivity contribution is 7.84. The summed E-state index contributed by atoms with van der Waals surface area (Å²) in [5.74, 6) is 1.25. The maximum atomic E-state index is 14.0. The lowest BCUT2D eigenvalue weighted by atomic mass is 9.95. The average Bonchev–Trinajstić information content (AvgIpc) is 3.23. The summed E-state index contributed by atoms with van der Waals surface area (Å²) in [6, 6.07) is 10.3. The molecule has 222 valence electrons. The Morgan fingerprint density at radius 1 is 1.05 bits per heavy atom. The van der Waals surface area contributed by atoms with Crippen LogP contribution in [0.4, 0.5) is 5.69 Å². The van der Waals surface area contributed by atoms with E-state index in [2.05, 4.69) is 15.5 Å². The number of amides is 2. The van der Waals surface area contributed by atoms with Crippen molar-refractivity contribution in [1.29, 1.82) is 0 Å². The Kier molecular flexibility index (Phi) is 9.62. The summed E-state index contributed by atoms with van der Waals surface area (Å²) >= 11 is 0. The van der Waals surface area contributed by atoms with Crippen LogP contribution in [0.3, 0.4) is 0 Å².